The van der Waals surface area contributed by atoms with Gasteiger partial charge in [0.15, 0.2) is 5.82 Å². The summed E-state index contributed by atoms with van der Waals surface area (Å²) in [6.45, 7) is 3.83. The van der Waals surface area contributed by atoms with Crippen molar-refractivity contribution < 1.29 is 4.79 Å². The van der Waals surface area contributed by atoms with Crippen molar-refractivity contribution in [2.75, 3.05) is 0 Å². The molecule has 0 aliphatic rings. The van der Waals surface area contributed by atoms with Crippen molar-refractivity contribution >= 4 is 17.6 Å². The van der Waals surface area contributed by atoms with Gasteiger partial charge in [-0.05, 0) is 38.0 Å². The smallest absolute Gasteiger partial charge is 0.315 e. The molecule has 22 heavy (non-hydrogen) atoms. The summed E-state index contributed by atoms with van der Waals surface area (Å²) >= 11 is 5.86. The van der Waals surface area contributed by atoms with Crippen molar-refractivity contribution in [1.29, 1.82) is 0 Å². The number of carbonyl (C=O) groups excluding carboxylic acids is 1. The first-order valence-corrected chi connectivity index (χ1v) is 7.49. The van der Waals surface area contributed by atoms with E-state index in [1.807, 2.05) is 45.2 Å². The van der Waals surface area contributed by atoms with Crippen LogP contribution in [0.3, 0.4) is 0 Å². The van der Waals surface area contributed by atoms with E-state index in [0.717, 1.165) is 12.0 Å². The third-order valence-electron chi connectivity index (χ3n) is 3.31. The number of halogens is 1. The molecule has 0 fully saturated rings. The highest BCUT2D eigenvalue weighted by molar-refractivity contribution is 6.30. The van der Waals surface area contributed by atoms with Crippen LogP contribution in [-0.4, -0.2) is 26.8 Å². The van der Waals surface area contributed by atoms with Crippen LogP contribution in [-0.2, 0) is 13.5 Å². The van der Waals surface area contributed by atoms with E-state index in [1.165, 1.54) is 0 Å². The Labute approximate surface area is 134 Å². The third-order valence-corrected chi connectivity index (χ3v) is 3.57. The maximum Gasteiger partial charge on any atom is 0.315 e. The molecule has 0 saturated heterocycles. The predicted octanol–water partition coefficient (Wildman–Crippen LogP) is 2.46. The molecule has 0 radical (unpaired) electrons. The number of aromatic nitrogens is 3. The minimum atomic E-state index is -0.225. The van der Waals surface area contributed by atoms with Gasteiger partial charge in [-0.25, -0.2) is 4.79 Å². The van der Waals surface area contributed by atoms with E-state index in [0.29, 0.717) is 10.8 Å². The van der Waals surface area contributed by atoms with Gasteiger partial charge in [-0.1, -0.05) is 23.7 Å². The fourth-order valence-corrected chi connectivity index (χ4v) is 2.36. The van der Waals surface area contributed by atoms with Crippen molar-refractivity contribution in [3.8, 4) is 0 Å². The highest BCUT2D eigenvalue weighted by Gasteiger charge is 2.15. The number of nitrogens with one attached hydrogen (secondary N) is 2. The lowest BCUT2D eigenvalue weighted by molar-refractivity contribution is 0.234. The summed E-state index contributed by atoms with van der Waals surface area (Å²) < 4.78 is 1.78. The van der Waals surface area contributed by atoms with Gasteiger partial charge in [-0.2, -0.15) is 0 Å². The summed E-state index contributed by atoms with van der Waals surface area (Å²) in [5, 5.41) is 14.3. The summed E-state index contributed by atoms with van der Waals surface area (Å²) in [5.41, 5.74) is 1.12. The number of hydrogen-bond donors (Lipinski definition) is 2. The van der Waals surface area contributed by atoms with Gasteiger partial charge >= 0.3 is 6.03 Å². The van der Waals surface area contributed by atoms with E-state index >= 15 is 0 Å². The molecule has 1 heterocycles. The van der Waals surface area contributed by atoms with Gasteiger partial charge in [0.25, 0.3) is 0 Å². The first-order chi connectivity index (χ1) is 10.5. The lowest BCUT2D eigenvalue weighted by Crippen LogP contribution is -2.43. The Morgan fingerprint density at radius 3 is 2.55 bits per heavy atom. The molecule has 2 atom stereocenters. The van der Waals surface area contributed by atoms with E-state index in [-0.39, 0.29) is 18.1 Å². The second kappa shape index (κ2) is 7.26. The lowest BCUT2D eigenvalue weighted by atomic mass is 10.1. The average molecular weight is 322 g/mol. The average Bonchev–Trinajstić information content (AvgIpc) is 2.87. The molecule has 2 amide bonds. The molecule has 0 unspecified atom stereocenters. The van der Waals surface area contributed by atoms with E-state index in [2.05, 4.69) is 20.8 Å². The third kappa shape index (κ3) is 4.46. The van der Waals surface area contributed by atoms with Crippen LogP contribution in [0.5, 0.6) is 0 Å². The highest BCUT2D eigenvalue weighted by Crippen LogP contribution is 2.11. The number of carbonyl (C=O) groups is 1. The van der Waals surface area contributed by atoms with Gasteiger partial charge in [-0.15, -0.1) is 10.2 Å². The first-order valence-electron chi connectivity index (χ1n) is 7.11. The fraction of sp³-hybridized carbons (Fsp3) is 0.400. The Kier molecular flexibility index (Phi) is 5.38. The summed E-state index contributed by atoms with van der Waals surface area (Å²) in [7, 11) is 1.84. The number of nitrogens with zero attached hydrogens (tertiary/aromatic N) is 3. The topological polar surface area (TPSA) is 71.8 Å². The number of rotatable bonds is 5. The van der Waals surface area contributed by atoms with Crippen LogP contribution >= 0.6 is 11.6 Å². The summed E-state index contributed by atoms with van der Waals surface area (Å²) in [6.07, 6.45) is 2.34. The minimum absolute atomic E-state index is 0.00729. The zero-order chi connectivity index (χ0) is 16.1. The lowest BCUT2D eigenvalue weighted by Gasteiger charge is -2.18. The zero-order valence-corrected chi connectivity index (χ0v) is 13.6. The monoisotopic (exact) mass is 321 g/mol. The highest BCUT2D eigenvalue weighted by atomic mass is 35.5. The molecule has 1 aromatic heterocycles. The van der Waals surface area contributed by atoms with Crippen molar-refractivity contribution in [3.05, 3.63) is 47.0 Å². The van der Waals surface area contributed by atoms with Crippen LogP contribution < -0.4 is 10.6 Å². The molecule has 2 aromatic rings. The van der Waals surface area contributed by atoms with Crippen LogP contribution in [0.4, 0.5) is 4.79 Å². The number of benzene rings is 1. The Bertz CT molecular complexity index is 625. The van der Waals surface area contributed by atoms with Crippen LogP contribution in [0.15, 0.2) is 30.6 Å². The van der Waals surface area contributed by atoms with E-state index in [4.69, 9.17) is 11.6 Å². The molecule has 118 valence electrons. The SMILES string of the molecule is C[C@@H](Cc1ccc(Cl)cc1)NC(=O)N[C@H](C)c1nncn1C. The van der Waals surface area contributed by atoms with E-state index < -0.39 is 0 Å². The van der Waals surface area contributed by atoms with Gasteiger partial charge < -0.3 is 15.2 Å². The summed E-state index contributed by atoms with van der Waals surface area (Å²) in [4.78, 5) is 12.0. The normalized spacial score (nSPS) is 13.5. The molecular weight excluding hydrogens is 302 g/mol. The number of aryl methyl sites for hydroxylation is 1. The molecule has 0 aliphatic carbocycles. The Hall–Kier alpha value is -2.08. The predicted molar refractivity (Wildman–Crippen MR) is 85.7 cm³/mol. The van der Waals surface area contributed by atoms with Crippen LogP contribution in [0.1, 0.15) is 31.3 Å². The minimum Gasteiger partial charge on any atom is -0.335 e. The zero-order valence-electron chi connectivity index (χ0n) is 12.9. The maximum atomic E-state index is 12.0. The molecule has 2 rings (SSSR count). The second-order valence-corrected chi connectivity index (χ2v) is 5.81. The van der Waals surface area contributed by atoms with Gasteiger partial charge in [0, 0.05) is 18.1 Å². The van der Waals surface area contributed by atoms with Crippen molar-refractivity contribution in [3.63, 3.8) is 0 Å². The largest absolute Gasteiger partial charge is 0.335 e. The van der Waals surface area contributed by atoms with Gasteiger partial charge in [0.05, 0.1) is 6.04 Å². The number of amides is 2. The standard InChI is InChI=1S/C15H20ClN5O/c1-10(8-12-4-6-13(16)7-5-12)18-15(22)19-11(2)14-20-17-9-21(14)3/h4-7,9-11H,8H2,1-3H3,(H2,18,19,22)/t10-,11+/m0/s1. The molecule has 0 spiro atoms. The molecule has 0 bridgehead atoms. The fourth-order valence-electron chi connectivity index (χ4n) is 2.24. The van der Waals surface area contributed by atoms with Gasteiger partial charge in [-0.3, -0.25) is 0 Å². The number of hydrogen-bond acceptors (Lipinski definition) is 3. The van der Waals surface area contributed by atoms with Crippen LogP contribution in [0.2, 0.25) is 5.02 Å². The molecule has 0 saturated carbocycles. The van der Waals surface area contributed by atoms with Crippen molar-refractivity contribution in [2.45, 2.75) is 32.4 Å². The van der Waals surface area contributed by atoms with Crippen LogP contribution in [0.25, 0.3) is 0 Å². The van der Waals surface area contributed by atoms with E-state index in [9.17, 15) is 4.79 Å². The summed E-state index contributed by atoms with van der Waals surface area (Å²) in [6, 6.07) is 7.18. The quantitative estimate of drug-likeness (QED) is 0.888. The first kappa shape index (κ1) is 16.3. The molecule has 0 aliphatic heterocycles. The second-order valence-electron chi connectivity index (χ2n) is 5.37. The van der Waals surface area contributed by atoms with Crippen molar-refractivity contribution in [1.82, 2.24) is 25.4 Å². The molecule has 2 N–H and O–H groups in total. The Morgan fingerprint density at radius 2 is 1.95 bits per heavy atom. The summed E-state index contributed by atoms with van der Waals surface area (Å²) in [5.74, 6) is 0.709. The molecule has 7 heteroatoms. The van der Waals surface area contributed by atoms with Gasteiger partial charge in [0.1, 0.15) is 6.33 Å². The van der Waals surface area contributed by atoms with Gasteiger partial charge in [0.2, 0.25) is 0 Å². The molecular formula is C15H20ClN5O. The van der Waals surface area contributed by atoms with Crippen LogP contribution in [0, 0.1) is 0 Å². The van der Waals surface area contributed by atoms with Crippen molar-refractivity contribution in [2.24, 2.45) is 7.05 Å². The molecule has 6 nitrogen and oxygen atoms in total. The Morgan fingerprint density at radius 1 is 1.27 bits per heavy atom. The van der Waals surface area contributed by atoms with E-state index in [1.54, 1.807) is 10.9 Å². The number of urea groups is 1. The Balaban J connectivity index is 1.83. The molecule has 1 aromatic carbocycles. The maximum absolute atomic E-state index is 12.0.